The molecule has 6 heteroatoms. The molecule has 4 rings (SSSR count). The smallest absolute Gasteiger partial charge is 0.228 e. The third kappa shape index (κ3) is 5.30. The van der Waals surface area contributed by atoms with Gasteiger partial charge in [0.1, 0.15) is 11.5 Å². The third-order valence-electron chi connectivity index (χ3n) is 5.98. The van der Waals surface area contributed by atoms with E-state index < -0.39 is 0 Å². The number of carbonyl (C=O) groups excluding carboxylic acids is 1. The zero-order valence-corrected chi connectivity index (χ0v) is 17.6. The van der Waals surface area contributed by atoms with Crippen LogP contribution in [-0.4, -0.2) is 32.7 Å². The van der Waals surface area contributed by atoms with Crippen molar-refractivity contribution in [3.8, 4) is 11.5 Å². The van der Waals surface area contributed by atoms with Crippen molar-refractivity contribution in [2.75, 3.05) is 32.1 Å². The first-order valence-corrected chi connectivity index (χ1v) is 10.1. The van der Waals surface area contributed by atoms with Crippen molar-refractivity contribution in [1.82, 2.24) is 5.32 Å². The Bertz CT molecular complexity index is 802. The molecule has 2 aromatic carbocycles. The Kier molecular flexibility index (Phi) is 7.17. The number of carbonyl (C=O) groups is 1. The lowest BCUT2D eigenvalue weighted by Gasteiger charge is -2.23. The highest BCUT2D eigenvalue weighted by Crippen LogP contribution is 2.58. The van der Waals surface area contributed by atoms with Crippen LogP contribution in [0.2, 0.25) is 0 Å². The maximum Gasteiger partial charge on any atom is 0.228 e. The lowest BCUT2D eigenvalue weighted by atomic mass is 9.92. The molecule has 0 radical (unpaired) electrons. The van der Waals surface area contributed by atoms with Gasteiger partial charge in [-0.25, -0.2) is 0 Å². The summed E-state index contributed by atoms with van der Waals surface area (Å²) in [6.07, 6.45) is 4.15. The molecule has 1 aliphatic carbocycles. The van der Waals surface area contributed by atoms with Crippen molar-refractivity contribution in [3.63, 3.8) is 0 Å². The number of halogens is 1. The minimum absolute atomic E-state index is 0. The van der Waals surface area contributed by atoms with Gasteiger partial charge in [0.15, 0.2) is 0 Å². The first-order valence-electron chi connectivity index (χ1n) is 10.1. The SMILES string of the molecule is COCCc1ccc(Oc2ccc(NC(=O)C3CC34CCNCC4)cc2)cc1.Cl. The van der Waals surface area contributed by atoms with E-state index in [1.807, 2.05) is 36.4 Å². The lowest BCUT2D eigenvalue weighted by molar-refractivity contribution is -0.118. The van der Waals surface area contributed by atoms with E-state index >= 15 is 0 Å². The Balaban J connectivity index is 0.00000240. The summed E-state index contributed by atoms with van der Waals surface area (Å²) in [5, 5.41) is 6.44. The number of benzene rings is 2. The molecule has 0 aromatic heterocycles. The quantitative estimate of drug-likeness (QED) is 0.701. The van der Waals surface area contributed by atoms with Gasteiger partial charge in [0, 0.05) is 18.7 Å². The molecule has 0 bridgehead atoms. The van der Waals surface area contributed by atoms with Gasteiger partial charge in [0.05, 0.1) is 6.61 Å². The summed E-state index contributed by atoms with van der Waals surface area (Å²) < 4.78 is 11.0. The van der Waals surface area contributed by atoms with Gasteiger partial charge < -0.3 is 20.1 Å². The molecule has 5 nitrogen and oxygen atoms in total. The molecule has 156 valence electrons. The average molecular weight is 417 g/mol. The highest BCUT2D eigenvalue weighted by Gasteiger charge is 2.57. The number of hydrogen-bond acceptors (Lipinski definition) is 4. The fourth-order valence-electron chi connectivity index (χ4n) is 4.11. The second kappa shape index (κ2) is 9.61. The molecule has 2 fully saturated rings. The lowest BCUT2D eigenvalue weighted by Crippen LogP contribution is -2.31. The van der Waals surface area contributed by atoms with Crippen LogP contribution in [0.15, 0.2) is 48.5 Å². The number of piperidine rings is 1. The van der Waals surface area contributed by atoms with E-state index in [0.29, 0.717) is 6.61 Å². The van der Waals surface area contributed by atoms with Gasteiger partial charge in [0.25, 0.3) is 0 Å². The summed E-state index contributed by atoms with van der Waals surface area (Å²) in [5.41, 5.74) is 2.30. The Morgan fingerprint density at radius 2 is 1.69 bits per heavy atom. The minimum atomic E-state index is 0. The number of rotatable bonds is 7. The van der Waals surface area contributed by atoms with Crippen LogP contribution in [-0.2, 0) is 16.0 Å². The normalized spacial score (nSPS) is 19.3. The number of hydrogen-bond donors (Lipinski definition) is 2. The molecule has 1 aliphatic heterocycles. The molecule has 1 unspecified atom stereocenters. The Labute approximate surface area is 178 Å². The number of anilines is 1. The van der Waals surface area contributed by atoms with Crippen molar-refractivity contribution >= 4 is 24.0 Å². The van der Waals surface area contributed by atoms with Crippen molar-refractivity contribution in [3.05, 3.63) is 54.1 Å². The number of nitrogens with one attached hydrogen (secondary N) is 2. The Morgan fingerprint density at radius 1 is 1.07 bits per heavy atom. The van der Waals surface area contributed by atoms with Gasteiger partial charge in [-0.1, -0.05) is 12.1 Å². The van der Waals surface area contributed by atoms with Crippen molar-refractivity contribution < 1.29 is 14.3 Å². The van der Waals surface area contributed by atoms with Crippen LogP contribution in [0.5, 0.6) is 11.5 Å². The maximum atomic E-state index is 12.6. The minimum Gasteiger partial charge on any atom is -0.457 e. The highest BCUT2D eigenvalue weighted by molar-refractivity contribution is 5.95. The fraction of sp³-hybridized carbons (Fsp3) is 0.435. The summed E-state index contributed by atoms with van der Waals surface area (Å²) in [7, 11) is 1.71. The fourth-order valence-corrected chi connectivity index (χ4v) is 4.11. The predicted molar refractivity (Wildman–Crippen MR) is 117 cm³/mol. The molecule has 1 spiro atoms. The number of ether oxygens (including phenoxy) is 2. The van der Waals surface area contributed by atoms with Crippen LogP contribution in [0.3, 0.4) is 0 Å². The monoisotopic (exact) mass is 416 g/mol. The maximum absolute atomic E-state index is 12.6. The first kappa shape index (κ1) is 21.6. The average Bonchev–Trinajstić information content (AvgIpc) is 3.42. The summed E-state index contributed by atoms with van der Waals surface area (Å²) in [6.45, 7) is 2.78. The van der Waals surface area contributed by atoms with E-state index in [0.717, 1.165) is 56.0 Å². The summed E-state index contributed by atoms with van der Waals surface area (Å²) in [4.78, 5) is 12.6. The number of methoxy groups -OCH3 is 1. The van der Waals surface area contributed by atoms with Crippen LogP contribution in [0.1, 0.15) is 24.8 Å². The molecule has 1 heterocycles. The van der Waals surface area contributed by atoms with Crippen molar-refractivity contribution in [2.45, 2.75) is 25.7 Å². The zero-order valence-electron chi connectivity index (χ0n) is 16.8. The molecule has 2 aliphatic rings. The summed E-state index contributed by atoms with van der Waals surface area (Å²) in [6, 6.07) is 15.6. The van der Waals surface area contributed by atoms with E-state index in [-0.39, 0.29) is 29.6 Å². The topological polar surface area (TPSA) is 59.6 Å². The van der Waals surface area contributed by atoms with Gasteiger partial charge in [-0.3, -0.25) is 4.79 Å². The molecule has 1 amide bonds. The summed E-state index contributed by atoms with van der Waals surface area (Å²) >= 11 is 0. The molecule has 1 saturated carbocycles. The molecule has 1 saturated heterocycles. The van der Waals surface area contributed by atoms with E-state index in [4.69, 9.17) is 9.47 Å². The predicted octanol–water partition coefficient (Wildman–Crippen LogP) is 4.42. The Morgan fingerprint density at radius 3 is 2.31 bits per heavy atom. The third-order valence-corrected chi connectivity index (χ3v) is 5.98. The van der Waals surface area contributed by atoms with E-state index in [2.05, 4.69) is 22.8 Å². The van der Waals surface area contributed by atoms with Gasteiger partial charge in [0.2, 0.25) is 5.91 Å². The highest BCUT2D eigenvalue weighted by atomic mass is 35.5. The molecule has 2 N–H and O–H groups in total. The summed E-state index contributed by atoms with van der Waals surface area (Å²) in [5.74, 6) is 1.87. The molecule has 29 heavy (non-hydrogen) atoms. The molecular weight excluding hydrogens is 388 g/mol. The van der Waals surface area contributed by atoms with E-state index in [1.165, 1.54) is 5.56 Å². The van der Waals surface area contributed by atoms with Crippen LogP contribution in [0.25, 0.3) is 0 Å². The van der Waals surface area contributed by atoms with Gasteiger partial charge in [-0.05, 0) is 86.1 Å². The van der Waals surface area contributed by atoms with Crippen LogP contribution in [0.4, 0.5) is 5.69 Å². The molecular formula is C23H29ClN2O3. The van der Waals surface area contributed by atoms with Crippen molar-refractivity contribution in [1.29, 1.82) is 0 Å². The second-order valence-electron chi connectivity index (χ2n) is 7.87. The molecule has 1 atom stereocenters. The van der Waals surface area contributed by atoms with Gasteiger partial charge in [-0.2, -0.15) is 0 Å². The van der Waals surface area contributed by atoms with Crippen LogP contribution < -0.4 is 15.4 Å². The molecule has 2 aromatic rings. The number of amides is 1. The second-order valence-corrected chi connectivity index (χ2v) is 7.87. The largest absolute Gasteiger partial charge is 0.457 e. The first-order chi connectivity index (χ1) is 13.7. The standard InChI is InChI=1S/C23H28N2O3.ClH/c1-27-15-10-17-2-6-19(7-3-17)28-20-8-4-18(5-9-20)25-22(26)21-16-23(21)11-13-24-14-12-23;/h2-9,21,24H,10-16H2,1H3,(H,25,26);1H. The Hall–Kier alpha value is -2.08. The van der Waals surface area contributed by atoms with Gasteiger partial charge in [-0.15, -0.1) is 12.4 Å². The van der Waals surface area contributed by atoms with Crippen LogP contribution in [0, 0.1) is 11.3 Å². The zero-order chi connectivity index (χ0) is 19.4. The van der Waals surface area contributed by atoms with Gasteiger partial charge >= 0.3 is 0 Å². The van der Waals surface area contributed by atoms with Crippen LogP contribution >= 0.6 is 12.4 Å². The van der Waals surface area contributed by atoms with Crippen molar-refractivity contribution in [2.24, 2.45) is 11.3 Å². The van der Waals surface area contributed by atoms with E-state index in [1.54, 1.807) is 7.11 Å². The van der Waals surface area contributed by atoms with E-state index in [9.17, 15) is 4.79 Å².